The molecule has 142 valence electrons. The number of fused-ring (bicyclic) bond motifs is 1. The highest BCUT2D eigenvalue weighted by molar-refractivity contribution is 6.30. The predicted octanol–water partition coefficient (Wildman–Crippen LogP) is 2.88. The Morgan fingerprint density at radius 1 is 1.22 bits per heavy atom. The van der Waals surface area contributed by atoms with Gasteiger partial charge in [-0.3, -0.25) is 9.69 Å². The smallest absolute Gasteiger partial charge is 0.228 e. The Morgan fingerprint density at radius 2 is 2.07 bits per heavy atom. The summed E-state index contributed by atoms with van der Waals surface area (Å²) in [6.45, 7) is 3.63. The van der Waals surface area contributed by atoms with Crippen LogP contribution in [0.5, 0.6) is 0 Å². The fraction of sp³-hybridized carbons (Fsp3) is 0.450. The molecule has 0 spiro atoms. The van der Waals surface area contributed by atoms with E-state index in [0.29, 0.717) is 43.6 Å². The molecule has 1 saturated heterocycles. The number of hydrogen-bond donors (Lipinski definition) is 0. The molecule has 0 aliphatic carbocycles. The van der Waals surface area contributed by atoms with Gasteiger partial charge in [0, 0.05) is 42.8 Å². The third-order valence-electron chi connectivity index (χ3n) is 5.02. The van der Waals surface area contributed by atoms with Crippen LogP contribution in [0.4, 0.5) is 11.8 Å². The van der Waals surface area contributed by atoms with Crippen molar-refractivity contribution in [2.75, 3.05) is 42.6 Å². The minimum Gasteiger partial charge on any atom is -0.378 e. The number of aryl methyl sites for hydroxylation is 2. The molecule has 7 heteroatoms. The average molecular weight is 387 g/mol. The van der Waals surface area contributed by atoms with Crippen molar-refractivity contribution in [2.24, 2.45) is 0 Å². The number of hydrogen-bond acceptors (Lipinski definition) is 5. The van der Waals surface area contributed by atoms with Gasteiger partial charge in [0.25, 0.3) is 0 Å². The quantitative estimate of drug-likeness (QED) is 0.808. The predicted molar refractivity (Wildman–Crippen MR) is 106 cm³/mol. The van der Waals surface area contributed by atoms with Gasteiger partial charge >= 0.3 is 0 Å². The van der Waals surface area contributed by atoms with Crippen molar-refractivity contribution in [2.45, 2.75) is 25.7 Å². The molecule has 6 nitrogen and oxygen atoms in total. The number of carbonyl (C=O) groups excluding carboxylic acids is 1. The number of halogens is 1. The minimum absolute atomic E-state index is 0.0996. The molecule has 0 unspecified atom stereocenters. The Morgan fingerprint density at radius 3 is 2.89 bits per heavy atom. The zero-order valence-corrected chi connectivity index (χ0v) is 16.0. The van der Waals surface area contributed by atoms with Crippen LogP contribution in [0.15, 0.2) is 30.5 Å². The monoisotopic (exact) mass is 386 g/mol. The summed E-state index contributed by atoms with van der Waals surface area (Å²) in [6.07, 6.45) is 4.85. The van der Waals surface area contributed by atoms with Gasteiger partial charge in [-0.1, -0.05) is 23.7 Å². The number of nitrogens with zero attached hydrogens (tertiary/aromatic N) is 4. The summed E-state index contributed by atoms with van der Waals surface area (Å²) < 4.78 is 5.40. The number of morpholine rings is 1. The first-order valence-corrected chi connectivity index (χ1v) is 9.82. The molecular weight excluding hydrogens is 364 g/mol. The highest BCUT2D eigenvalue weighted by Gasteiger charge is 2.26. The first-order chi connectivity index (χ1) is 13.2. The third-order valence-corrected chi connectivity index (χ3v) is 5.26. The van der Waals surface area contributed by atoms with Crippen LogP contribution in [0.3, 0.4) is 0 Å². The summed E-state index contributed by atoms with van der Waals surface area (Å²) in [5.74, 6) is 1.56. The van der Waals surface area contributed by atoms with Crippen LogP contribution in [-0.4, -0.2) is 48.7 Å². The van der Waals surface area contributed by atoms with Gasteiger partial charge in [0.15, 0.2) is 0 Å². The second-order valence-electron chi connectivity index (χ2n) is 6.90. The lowest BCUT2D eigenvalue weighted by Crippen LogP contribution is -2.39. The lowest BCUT2D eigenvalue weighted by atomic mass is 10.1. The van der Waals surface area contributed by atoms with E-state index in [9.17, 15) is 4.79 Å². The van der Waals surface area contributed by atoms with Crippen LogP contribution < -0.4 is 9.80 Å². The van der Waals surface area contributed by atoms with Gasteiger partial charge in [0.2, 0.25) is 11.9 Å². The van der Waals surface area contributed by atoms with E-state index in [0.717, 1.165) is 42.9 Å². The Kier molecular flexibility index (Phi) is 5.55. The lowest BCUT2D eigenvalue weighted by Gasteiger charge is -2.31. The van der Waals surface area contributed by atoms with Crippen LogP contribution in [0.1, 0.15) is 24.0 Å². The molecule has 1 amide bonds. The second kappa shape index (κ2) is 8.23. The molecule has 2 aliphatic rings. The molecule has 27 heavy (non-hydrogen) atoms. The van der Waals surface area contributed by atoms with Crippen LogP contribution in [0.2, 0.25) is 5.02 Å². The van der Waals surface area contributed by atoms with E-state index in [4.69, 9.17) is 21.3 Å². The standard InChI is InChI=1S/C20H23ClN4O2/c21-17-5-1-3-15(13-17)6-7-18(26)25-8-2-4-16-14-22-20(23-19(16)25)24-9-11-27-12-10-24/h1,3,5,13-14H,2,4,6-12H2. The van der Waals surface area contributed by atoms with E-state index >= 15 is 0 Å². The van der Waals surface area contributed by atoms with Crippen molar-refractivity contribution >= 4 is 29.3 Å². The molecule has 0 radical (unpaired) electrons. The van der Waals surface area contributed by atoms with E-state index in [1.54, 1.807) is 0 Å². The Balaban J connectivity index is 1.50. The van der Waals surface area contributed by atoms with Gasteiger partial charge in [-0.05, 0) is 37.0 Å². The maximum atomic E-state index is 12.9. The highest BCUT2D eigenvalue weighted by Crippen LogP contribution is 2.27. The van der Waals surface area contributed by atoms with Crippen molar-refractivity contribution in [3.63, 3.8) is 0 Å². The Hall–Kier alpha value is -2.18. The summed E-state index contributed by atoms with van der Waals surface area (Å²) in [6, 6.07) is 7.68. The lowest BCUT2D eigenvalue weighted by molar-refractivity contribution is -0.118. The molecule has 2 aliphatic heterocycles. The van der Waals surface area contributed by atoms with Crippen LogP contribution >= 0.6 is 11.6 Å². The zero-order valence-electron chi connectivity index (χ0n) is 15.2. The number of anilines is 2. The summed E-state index contributed by atoms with van der Waals surface area (Å²) >= 11 is 6.04. The van der Waals surface area contributed by atoms with Gasteiger partial charge in [-0.2, -0.15) is 4.98 Å². The van der Waals surface area contributed by atoms with E-state index < -0.39 is 0 Å². The summed E-state index contributed by atoms with van der Waals surface area (Å²) in [5, 5.41) is 0.700. The van der Waals surface area contributed by atoms with Gasteiger partial charge in [-0.25, -0.2) is 4.98 Å². The normalized spacial score (nSPS) is 16.9. The van der Waals surface area contributed by atoms with Crippen LogP contribution in [0.25, 0.3) is 0 Å². The highest BCUT2D eigenvalue weighted by atomic mass is 35.5. The number of benzene rings is 1. The van der Waals surface area contributed by atoms with Gasteiger partial charge in [0.1, 0.15) is 5.82 Å². The van der Waals surface area contributed by atoms with Crippen molar-refractivity contribution in [3.8, 4) is 0 Å². The summed E-state index contributed by atoms with van der Waals surface area (Å²) in [4.78, 5) is 26.1. The largest absolute Gasteiger partial charge is 0.378 e. The van der Waals surface area contributed by atoms with Crippen LogP contribution in [-0.2, 0) is 22.4 Å². The van der Waals surface area contributed by atoms with Gasteiger partial charge < -0.3 is 9.64 Å². The molecular formula is C20H23ClN4O2. The molecule has 0 N–H and O–H groups in total. The Labute approximate surface area is 164 Å². The maximum Gasteiger partial charge on any atom is 0.228 e. The van der Waals surface area contributed by atoms with Gasteiger partial charge in [0.05, 0.1) is 13.2 Å². The molecule has 1 aromatic carbocycles. The van der Waals surface area contributed by atoms with E-state index in [-0.39, 0.29) is 5.91 Å². The first kappa shape index (κ1) is 18.2. The first-order valence-electron chi connectivity index (χ1n) is 9.44. The molecule has 0 saturated carbocycles. The van der Waals surface area contributed by atoms with Gasteiger partial charge in [-0.15, -0.1) is 0 Å². The summed E-state index contributed by atoms with van der Waals surface area (Å²) in [7, 11) is 0. The number of rotatable bonds is 4. The van der Waals surface area contributed by atoms with E-state index in [1.807, 2.05) is 35.4 Å². The van der Waals surface area contributed by atoms with E-state index in [2.05, 4.69) is 9.88 Å². The number of amides is 1. The molecule has 2 aromatic rings. The molecule has 1 fully saturated rings. The van der Waals surface area contributed by atoms with E-state index in [1.165, 1.54) is 0 Å². The number of carbonyl (C=O) groups is 1. The van der Waals surface area contributed by atoms with Crippen molar-refractivity contribution in [1.82, 2.24) is 9.97 Å². The molecule has 3 heterocycles. The van der Waals surface area contributed by atoms with Crippen LogP contribution in [0, 0.1) is 0 Å². The van der Waals surface area contributed by atoms with Crippen molar-refractivity contribution < 1.29 is 9.53 Å². The third kappa shape index (κ3) is 4.22. The Bertz CT molecular complexity index is 823. The summed E-state index contributed by atoms with van der Waals surface area (Å²) in [5.41, 5.74) is 2.12. The topological polar surface area (TPSA) is 58.6 Å². The minimum atomic E-state index is 0.0996. The average Bonchev–Trinajstić information content (AvgIpc) is 2.72. The second-order valence-corrected chi connectivity index (χ2v) is 7.33. The van der Waals surface area contributed by atoms with Crippen molar-refractivity contribution in [1.29, 1.82) is 0 Å². The fourth-order valence-corrected chi connectivity index (χ4v) is 3.78. The fourth-order valence-electron chi connectivity index (χ4n) is 3.57. The van der Waals surface area contributed by atoms with Crippen molar-refractivity contribution in [3.05, 3.63) is 46.6 Å². The maximum absolute atomic E-state index is 12.9. The molecule has 0 atom stereocenters. The molecule has 4 rings (SSSR count). The SMILES string of the molecule is O=C(CCc1cccc(Cl)c1)N1CCCc2cnc(N3CCOCC3)nc21. The molecule has 1 aromatic heterocycles. The zero-order chi connectivity index (χ0) is 18.6. The number of aromatic nitrogens is 2. The number of ether oxygens (including phenoxy) is 1. The molecule has 0 bridgehead atoms.